The number of nitrogens with zero attached hydrogens (tertiary/aromatic N) is 2. The van der Waals surface area contributed by atoms with Crippen molar-refractivity contribution in [3.8, 4) is 0 Å². The van der Waals surface area contributed by atoms with Crippen molar-refractivity contribution in [3.63, 3.8) is 0 Å². The second kappa shape index (κ2) is 6.75. The summed E-state index contributed by atoms with van der Waals surface area (Å²) in [5.74, 6) is 0.438. The molecule has 2 heterocycles. The fraction of sp³-hybridized carbons (Fsp3) is 0.526. The number of fused-ring (bicyclic) bond motifs is 1. The third-order valence-corrected chi connectivity index (χ3v) is 5.08. The maximum absolute atomic E-state index is 12.5. The van der Waals surface area contributed by atoms with Crippen LogP contribution in [0.15, 0.2) is 30.5 Å². The molecule has 0 saturated carbocycles. The molecule has 0 bridgehead atoms. The molecule has 2 unspecified atom stereocenters. The molecule has 2 atom stereocenters. The first kappa shape index (κ1) is 16.1. The molecule has 4 nitrogen and oxygen atoms in total. The number of amides is 1. The van der Waals surface area contributed by atoms with Gasteiger partial charge in [0.25, 0.3) is 0 Å². The first-order valence-corrected chi connectivity index (χ1v) is 8.55. The van der Waals surface area contributed by atoms with Crippen LogP contribution >= 0.6 is 0 Å². The fourth-order valence-electron chi connectivity index (χ4n) is 3.65. The summed E-state index contributed by atoms with van der Waals surface area (Å²) in [6.07, 6.45) is 5.13. The largest absolute Gasteiger partial charge is 0.393 e. The van der Waals surface area contributed by atoms with E-state index in [1.807, 2.05) is 31.0 Å². The van der Waals surface area contributed by atoms with Crippen molar-refractivity contribution < 1.29 is 9.90 Å². The van der Waals surface area contributed by atoms with Gasteiger partial charge < -0.3 is 14.6 Å². The molecule has 1 amide bonds. The predicted octanol–water partition coefficient (Wildman–Crippen LogP) is 2.73. The number of hydrogen-bond donors (Lipinski definition) is 1. The molecule has 3 rings (SSSR count). The number of aliphatic hydroxyl groups is 1. The highest BCUT2D eigenvalue weighted by Crippen LogP contribution is 2.23. The van der Waals surface area contributed by atoms with Gasteiger partial charge in [-0.05, 0) is 37.8 Å². The molecule has 1 fully saturated rings. The van der Waals surface area contributed by atoms with Crippen LogP contribution in [0.25, 0.3) is 10.9 Å². The summed E-state index contributed by atoms with van der Waals surface area (Å²) in [5, 5.41) is 11.0. The minimum absolute atomic E-state index is 0.211. The number of piperidine rings is 1. The quantitative estimate of drug-likeness (QED) is 0.943. The fourth-order valence-corrected chi connectivity index (χ4v) is 3.65. The van der Waals surface area contributed by atoms with E-state index < -0.39 is 0 Å². The Morgan fingerprint density at radius 1 is 1.39 bits per heavy atom. The summed E-state index contributed by atoms with van der Waals surface area (Å²) in [6.45, 7) is 3.36. The van der Waals surface area contributed by atoms with Crippen molar-refractivity contribution >= 4 is 16.8 Å². The SMILES string of the molecule is CC(O)C1CCCN(C(=O)CCc2cn(C)c3ccccc23)C1. The Morgan fingerprint density at radius 3 is 2.96 bits per heavy atom. The second-order valence-electron chi connectivity index (χ2n) is 6.77. The number of likely N-dealkylation sites (tertiary alicyclic amines) is 1. The third kappa shape index (κ3) is 3.42. The molecule has 0 spiro atoms. The lowest BCUT2D eigenvalue weighted by Gasteiger charge is -2.34. The van der Waals surface area contributed by atoms with Gasteiger partial charge in [0, 0.05) is 49.6 Å². The van der Waals surface area contributed by atoms with Crippen LogP contribution in [-0.4, -0.2) is 39.7 Å². The molecular weight excluding hydrogens is 288 g/mol. The number of hydrogen-bond acceptors (Lipinski definition) is 2. The van der Waals surface area contributed by atoms with Crippen LogP contribution in [0.5, 0.6) is 0 Å². The van der Waals surface area contributed by atoms with E-state index in [2.05, 4.69) is 22.9 Å². The van der Waals surface area contributed by atoms with E-state index in [0.29, 0.717) is 13.0 Å². The Kier molecular flexibility index (Phi) is 4.71. The van der Waals surface area contributed by atoms with Crippen molar-refractivity contribution in [3.05, 3.63) is 36.0 Å². The number of rotatable bonds is 4. The predicted molar refractivity (Wildman–Crippen MR) is 92.2 cm³/mol. The van der Waals surface area contributed by atoms with Crippen LogP contribution in [0, 0.1) is 5.92 Å². The molecule has 1 aliphatic rings. The first-order chi connectivity index (χ1) is 11.1. The van der Waals surface area contributed by atoms with Gasteiger partial charge in [-0.15, -0.1) is 0 Å². The molecule has 4 heteroatoms. The van der Waals surface area contributed by atoms with Crippen molar-refractivity contribution in [1.82, 2.24) is 9.47 Å². The van der Waals surface area contributed by atoms with Crippen LogP contribution in [0.2, 0.25) is 0 Å². The summed E-state index contributed by atoms with van der Waals surface area (Å²) in [5.41, 5.74) is 2.45. The van der Waals surface area contributed by atoms with Crippen LogP contribution < -0.4 is 0 Å². The second-order valence-corrected chi connectivity index (χ2v) is 6.77. The van der Waals surface area contributed by atoms with E-state index in [9.17, 15) is 9.90 Å². The Labute approximate surface area is 137 Å². The molecule has 1 aromatic carbocycles. The van der Waals surface area contributed by atoms with Crippen molar-refractivity contribution in [2.75, 3.05) is 13.1 Å². The van der Waals surface area contributed by atoms with Gasteiger partial charge in [-0.3, -0.25) is 4.79 Å². The van der Waals surface area contributed by atoms with E-state index in [0.717, 1.165) is 25.8 Å². The highest BCUT2D eigenvalue weighted by Gasteiger charge is 2.26. The average Bonchev–Trinajstić information content (AvgIpc) is 2.89. The Balaban J connectivity index is 1.64. The van der Waals surface area contributed by atoms with Crippen LogP contribution in [0.4, 0.5) is 0 Å². The van der Waals surface area contributed by atoms with Gasteiger partial charge >= 0.3 is 0 Å². The molecule has 124 valence electrons. The van der Waals surface area contributed by atoms with Crippen LogP contribution in [-0.2, 0) is 18.3 Å². The maximum atomic E-state index is 12.5. The smallest absolute Gasteiger partial charge is 0.222 e. The van der Waals surface area contributed by atoms with Gasteiger partial charge in [-0.25, -0.2) is 0 Å². The number of benzene rings is 1. The Bertz CT molecular complexity index is 690. The van der Waals surface area contributed by atoms with Gasteiger partial charge in [0.2, 0.25) is 5.91 Å². The minimum atomic E-state index is -0.330. The zero-order chi connectivity index (χ0) is 16.4. The van der Waals surface area contributed by atoms with E-state index >= 15 is 0 Å². The zero-order valence-corrected chi connectivity index (χ0v) is 14.0. The lowest BCUT2D eigenvalue weighted by atomic mass is 9.93. The lowest BCUT2D eigenvalue weighted by molar-refractivity contribution is -0.133. The van der Waals surface area contributed by atoms with Gasteiger partial charge in [-0.2, -0.15) is 0 Å². The molecular formula is C19H26N2O2. The molecule has 1 aromatic heterocycles. The van der Waals surface area contributed by atoms with Gasteiger partial charge in [0.05, 0.1) is 6.10 Å². The third-order valence-electron chi connectivity index (χ3n) is 5.08. The molecule has 1 saturated heterocycles. The van der Waals surface area contributed by atoms with Crippen molar-refractivity contribution in [1.29, 1.82) is 0 Å². The summed E-state index contributed by atoms with van der Waals surface area (Å²) in [7, 11) is 2.05. The van der Waals surface area contributed by atoms with E-state index in [1.165, 1.54) is 16.5 Å². The van der Waals surface area contributed by atoms with Crippen molar-refractivity contribution in [2.45, 2.75) is 38.7 Å². The van der Waals surface area contributed by atoms with Gasteiger partial charge in [-0.1, -0.05) is 18.2 Å². The monoisotopic (exact) mass is 314 g/mol. The molecule has 1 aliphatic heterocycles. The van der Waals surface area contributed by atoms with Crippen molar-refractivity contribution in [2.24, 2.45) is 13.0 Å². The standard InChI is InChI=1S/C19H26N2O2/c1-14(22)15-6-5-11-21(13-15)19(23)10-9-16-12-20(2)18-8-4-3-7-17(16)18/h3-4,7-8,12,14-15,22H,5-6,9-11,13H2,1-2H3. The number of para-hydroxylation sites is 1. The summed E-state index contributed by atoms with van der Waals surface area (Å²) in [4.78, 5) is 14.5. The van der Waals surface area contributed by atoms with E-state index in [4.69, 9.17) is 0 Å². The Morgan fingerprint density at radius 2 is 2.17 bits per heavy atom. The lowest BCUT2D eigenvalue weighted by Crippen LogP contribution is -2.43. The number of aromatic nitrogens is 1. The zero-order valence-electron chi connectivity index (χ0n) is 14.0. The normalized spacial score (nSPS) is 20.0. The van der Waals surface area contributed by atoms with E-state index in [-0.39, 0.29) is 17.9 Å². The number of aryl methyl sites for hydroxylation is 2. The Hall–Kier alpha value is -1.81. The van der Waals surface area contributed by atoms with Gasteiger partial charge in [0.15, 0.2) is 0 Å². The summed E-state index contributed by atoms with van der Waals surface area (Å²) >= 11 is 0. The number of carbonyl (C=O) groups is 1. The number of aliphatic hydroxyl groups excluding tert-OH is 1. The van der Waals surface area contributed by atoms with Crippen LogP contribution in [0.3, 0.4) is 0 Å². The minimum Gasteiger partial charge on any atom is -0.393 e. The van der Waals surface area contributed by atoms with Crippen LogP contribution in [0.1, 0.15) is 31.7 Å². The number of carbonyl (C=O) groups excluding carboxylic acids is 1. The highest BCUT2D eigenvalue weighted by molar-refractivity contribution is 5.85. The summed E-state index contributed by atoms with van der Waals surface area (Å²) < 4.78 is 2.12. The first-order valence-electron chi connectivity index (χ1n) is 8.55. The average molecular weight is 314 g/mol. The molecule has 0 aliphatic carbocycles. The topological polar surface area (TPSA) is 45.5 Å². The molecule has 2 aromatic rings. The highest BCUT2D eigenvalue weighted by atomic mass is 16.3. The molecule has 23 heavy (non-hydrogen) atoms. The molecule has 1 N–H and O–H groups in total. The van der Waals surface area contributed by atoms with Gasteiger partial charge in [0.1, 0.15) is 0 Å². The van der Waals surface area contributed by atoms with E-state index in [1.54, 1.807) is 0 Å². The molecule has 0 radical (unpaired) electrons. The maximum Gasteiger partial charge on any atom is 0.222 e. The summed E-state index contributed by atoms with van der Waals surface area (Å²) in [6, 6.07) is 8.32.